The summed E-state index contributed by atoms with van der Waals surface area (Å²) in [5.74, 6) is 0.221. The Bertz CT molecular complexity index is 624. The first kappa shape index (κ1) is 12.0. The molecule has 2 aromatic carbocycles. The first-order valence-electron chi connectivity index (χ1n) is 6.62. The van der Waals surface area contributed by atoms with Crippen LogP contribution in [0.5, 0.6) is 0 Å². The van der Waals surface area contributed by atoms with Gasteiger partial charge >= 0.3 is 0 Å². The third kappa shape index (κ3) is 2.40. The zero-order valence-electron chi connectivity index (χ0n) is 10.7. The minimum absolute atomic E-state index is 0.189. The average Bonchev–Trinajstić information content (AvgIpc) is 2.89. The maximum absolute atomic E-state index is 9.32. The molecule has 0 saturated carbocycles. The summed E-state index contributed by atoms with van der Waals surface area (Å²) >= 11 is 0. The van der Waals surface area contributed by atoms with Gasteiger partial charge in [0.25, 0.3) is 0 Å². The van der Waals surface area contributed by atoms with Gasteiger partial charge in [0.2, 0.25) is 0 Å². The van der Waals surface area contributed by atoms with Crippen LogP contribution in [0.3, 0.4) is 0 Å². The summed E-state index contributed by atoms with van der Waals surface area (Å²) in [7, 11) is 0. The average molecular weight is 251 g/mol. The van der Waals surface area contributed by atoms with Gasteiger partial charge in [-0.25, -0.2) is 0 Å². The Morgan fingerprint density at radius 3 is 2.42 bits per heavy atom. The van der Waals surface area contributed by atoms with E-state index in [0.717, 1.165) is 11.9 Å². The normalized spacial score (nSPS) is 12.7. The molecule has 1 atom stereocenters. The van der Waals surface area contributed by atoms with Crippen LogP contribution in [-0.4, -0.2) is 16.7 Å². The number of hydrogen-bond acceptors (Lipinski definition) is 1. The van der Waals surface area contributed by atoms with E-state index < -0.39 is 0 Å². The minimum Gasteiger partial charge on any atom is -0.396 e. The number of nitrogens with one attached hydrogen (secondary N) is 1. The SMILES string of the molecule is OCCC(c1ccccc1)c1cc2ccccc2[nH]1. The van der Waals surface area contributed by atoms with E-state index in [0.29, 0.717) is 0 Å². The zero-order chi connectivity index (χ0) is 13.1. The quantitative estimate of drug-likeness (QED) is 0.729. The Hall–Kier alpha value is -2.06. The molecule has 2 nitrogen and oxygen atoms in total. The summed E-state index contributed by atoms with van der Waals surface area (Å²) in [6, 6.07) is 20.8. The first-order chi connectivity index (χ1) is 9.38. The molecule has 3 rings (SSSR count). The van der Waals surface area contributed by atoms with E-state index in [1.807, 2.05) is 30.3 Å². The van der Waals surface area contributed by atoms with Crippen LogP contribution in [0.1, 0.15) is 23.6 Å². The van der Waals surface area contributed by atoms with E-state index in [2.05, 4.69) is 35.3 Å². The monoisotopic (exact) mass is 251 g/mol. The van der Waals surface area contributed by atoms with Crippen molar-refractivity contribution in [3.8, 4) is 0 Å². The molecular formula is C17H17NO. The Balaban J connectivity index is 2.04. The first-order valence-corrected chi connectivity index (χ1v) is 6.62. The second kappa shape index (κ2) is 5.29. The molecule has 1 aromatic heterocycles. The van der Waals surface area contributed by atoms with Crippen molar-refractivity contribution in [2.75, 3.05) is 6.61 Å². The number of para-hydroxylation sites is 1. The van der Waals surface area contributed by atoms with Gasteiger partial charge in [0, 0.05) is 23.7 Å². The van der Waals surface area contributed by atoms with Crippen molar-refractivity contribution < 1.29 is 5.11 Å². The Labute approximate surface area is 112 Å². The van der Waals surface area contributed by atoms with E-state index >= 15 is 0 Å². The van der Waals surface area contributed by atoms with Gasteiger partial charge < -0.3 is 10.1 Å². The van der Waals surface area contributed by atoms with Crippen LogP contribution in [0.15, 0.2) is 60.7 Å². The third-order valence-electron chi connectivity index (χ3n) is 3.55. The van der Waals surface area contributed by atoms with Crippen LogP contribution in [0.4, 0.5) is 0 Å². The molecule has 0 spiro atoms. The predicted octanol–water partition coefficient (Wildman–Crippen LogP) is 3.68. The molecule has 0 bridgehead atoms. The second-order valence-electron chi connectivity index (χ2n) is 4.79. The highest BCUT2D eigenvalue weighted by Crippen LogP contribution is 2.29. The van der Waals surface area contributed by atoms with Crippen molar-refractivity contribution in [1.82, 2.24) is 4.98 Å². The lowest BCUT2D eigenvalue weighted by Crippen LogP contribution is -2.03. The number of H-pyrrole nitrogens is 1. The highest BCUT2D eigenvalue weighted by atomic mass is 16.3. The summed E-state index contributed by atoms with van der Waals surface area (Å²) in [6.45, 7) is 0.189. The van der Waals surface area contributed by atoms with E-state index in [4.69, 9.17) is 0 Å². The topological polar surface area (TPSA) is 36.0 Å². The van der Waals surface area contributed by atoms with Gasteiger partial charge in [-0.05, 0) is 29.5 Å². The molecule has 2 heteroatoms. The molecule has 0 fully saturated rings. The van der Waals surface area contributed by atoms with Gasteiger partial charge in [-0.2, -0.15) is 0 Å². The number of aliphatic hydroxyl groups is 1. The van der Waals surface area contributed by atoms with Crippen molar-refractivity contribution in [3.05, 3.63) is 71.9 Å². The van der Waals surface area contributed by atoms with Crippen LogP contribution in [-0.2, 0) is 0 Å². The van der Waals surface area contributed by atoms with E-state index in [9.17, 15) is 5.11 Å². The van der Waals surface area contributed by atoms with Crippen LogP contribution >= 0.6 is 0 Å². The number of hydrogen-bond donors (Lipinski definition) is 2. The van der Waals surface area contributed by atoms with Crippen molar-refractivity contribution >= 4 is 10.9 Å². The van der Waals surface area contributed by atoms with Gasteiger partial charge in [0.05, 0.1) is 0 Å². The van der Waals surface area contributed by atoms with Crippen LogP contribution in [0.25, 0.3) is 10.9 Å². The van der Waals surface area contributed by atoms with Gasteiger partial charge in [0.15, 0.2) is 0 Å². The lowest BCUT2D eigenvalue weighted by atomic mass is 9.93. The van der Waals surface area contributed by atoms with Crippen LogP contribution in [0, 0.1) is 0 Å². The number of fused-ring (bicyclic) bond motifs is 1. The highest BCUT2D eigenvalue weighted by Gasteiger charge is 2.15. The molecule has 0 aliphatic heterocycles. The standard InChI is InChI=1S/C17H17NO/c19-11-10-15(13-6-2-1-3-7-13)17-12-14-8-4-5-9-16(14)18-17/h1-9,12,15,18-19H,10-11H2. The summed E-state index contributed by atoms with van der Waals surface area (Å²) in [4.78, 5) is 3.47. The van der Waals surface area contributed by atoms with Crippen LogP contribution in [0.2, 0.25) is 0 Å². The predicted molar refractivity (Wildman–Crippen MR) is 78.3 cm³/mol. The Morgan fingerprint density at radius 1 is 0.947 bits per heavy atom. The molecule has 0 aliphatic rings. The fourth-order valence-electron chi connectivity index (χ4n) is 2.60. The van der Waals surface area contributed by atoms with Crippen molar-refractivity contribution in [3.63, 3.8) is 0 Å². The van der Waals surface area contributed by atoms with Crippen LogP contribution < -0.4 is 0 Å². The third-order valence-corrected chi connectivity index (χ3v) is 3.55. The molecule has 1 heterocycles. The van der Waals surface area contributed by atoms with Crippen molar-refractivity contribution in [1.29, 1.82) is 0 Å². The number of aromatic nitrogens is 1. The molecule has 96 valence electrons. The largest absolute Gasteiger partial charge is 0.396 e. The molecule has 3 aromatic rings. The van der Waals surface area contributed by atoms with Crippen molar-refractivity contribution in [2.24, 2.45) is 0 Å². The highest BCUT2D eigenvalue weighted by molar-refractivity contribution is 5.80. The van der Waals surface area contributed by atoms with Gasteiger partial charge in [-0.15, -0.1) is 0 Å². The maximum atomic E-state index is 9.32. The number of benzene rings is 2. The molecular weight excluding hydrogens is 234 g/mol. The fourth-order valence-corrected chi connectivity index (χ4v) is 2.60. The fraction of sp³-hybridized carbons (Fsp3) is 0.176. The molecule has 19 heavy (non-hydrogen) atoms. The Morgan fingerprint density at radius 2 is 1.68 bits per heavy atom. The number of aliphatic hydroxyl groups excluding tert-OH is 1. The maximum Gasteiger partial charge on any atom is 0.0456 e. The van der Waals surface area contributed by atoms with E-state index in [1.165, 1.54) is 16.6 Å². The van der Waals surface area contributed by atoms with Gasteiger partial charge in [-0.1, -0.05) is 48.5 Å². The molecule has 0 amide bonds. The summed E-state index contributed by atoms with van der Waals surface area (Å²) in [6.07, 6.45) is 0.733. The van der Waals surface area contributed by atoms with Crippen molar-refractivity contribution in [2.45, 2.75) is 12.3 Å². The summed E-state index contributed by atoms with van der Waals surface area (Å²) < 4.78 is 0. The number of aromatic amines is 1. The smallest absolute Gasteiger partial charge is 0.0456 e. The van der Waals surface area contributed by atoms with Gasteiger partial charge in [-0.3, -0.25) is 0 Å². The summed E-state index contributed by atoms with van der Waals surface area (Å²) in [5, 5.41) is 10.5. The zero-order valence-corrected chi connectivity index (χ0v) is 10.7. The molecule has 0 radical (unpaired) electrons. The lowest BCUT2D eigenvalue weighted by Gasteiger charge is -2.14. The second-order valence-corrected chi connectivity index (χ2v) is 4.79. The summed E-state index contributed by atoms with van der Waals surface area (Å²) in [5.41, 5.74) is 3.56. The molecule has 1 unspecified atom stereocenters. The molecule has 0 aliphatic carbocycles. The Kier molecular flexibility index (Phi) is 3.34. The lowest BCUT2D eigenvalue weighted by molar-refractivity contribution is 0.281. The molecule has 2 N–H and O–H groups in total. The molecule has 0 saturated heterocycles. The van der Waals surface area contributed by atoms with E-state index in [1.54, 1.807) is 0 Å². The minimum atomic E-state index is 0.189. The van der Waals surface area contributed by atoms with Gasteiger partial charge in [0.1, 0.15) is 0 Å². The number of rotatable bonds is 4. The van der Waals surface area contributed by atoms with E-state index in [-0.39, 0.29) is 12.5 Å².